The van der Waals surface area contributed by atoms with Gasteiger partial charge in [0.1, 0.15) is 10.9 Å². The highest BCUT2D eigenvalue weighted by Crippen LogP contribution is 2.25. The molecule has 0 aromatic carbocycles. The van der Waals surface area contributed by atoms with Gasteiger partial charge in [-0.1, -0.05) is 6.92 Å². The number of carbonyl (C=O) groups excluding carboxylic acids is 1. The van der Waals surface area contributed by atoms with Crippen molar-refractivity contribution in [3.05, 3.63) is 11.4 Å². The van der Waals surface area contributed by atoms with Gasteiger partial charge >= 0.3 is 0 Å². The number of rotatable bonds is 3. The fraction of sp³-hybridized carbons (Fsp3) is 0.636. The number of aromatic amines is 1. The van der Waals surface area contributed by atoms with Crippen molar-refractivity contribution >= 4 is 15.9 Å². The molecule has 1 aliphatic rings. The van der Waals surface area contributed by atoms with Crippen LogP contribution in [0.3, 0.4) is 0 Å². The van der Waals surface area contributed by atoms with Crippen LogP contribution in [0, 0.1) is 13.8 Å². The SMILES string of the molecule is CCC1C(=O)NCCN1S(=O)(=O)c1c(C)n[nH]c1C. The van der Waals surface area contributed by atoms with Crippen LogP contribution in [-0.4, -0.2) is 48.0 Å². The number of aromatic nitrogens is 2. The van der Waals surface area contributed by atoms with E-state index in [1.54, 1.807) is 20.8 Å². The maximum Gasteiger partial charge on any atom is 0.247 e. The zero-order valence-electron chi connectivity index (χ0n) is 11.2. The van der Waals surface area contributed by atoms with Crippen LogP contribution in [-0.2, 0) is 14.8 Å². The minimum Gasteiger partial charge on any atom is -0.353 e. The van der Waals surface area contributed by atoms with E-state index in [0.29, 0.717) is 24.4 Å². The van der Waals surface area contributed by atoms with E-state index >= 15 is 0 Å². The molecule has 1 aromatic rings. The fourth-order valence-corrected chi connectivity index (χ4v) is 4.41. The Kier molecular flexibility index (Phi) is 3.64. The van der Waals surface area contributed by atoms with Gasteiger partial charge in [0.2, 0.25) is 15.9 Å². The first-order valence-corrected chi connectivity index (χ1v) is 7.64. The summed E-state index contributed by atoms with van der Waals surface area (Å²) in [5.41, 5.74) is 0.927. The molecular formula is C11H18N4O3S. The van der Waals surface area contributed by atoms with Gasteiger partial charge in [-0.2, -0.15) is 9.40 Å². The minimum absolute atomic E-state index is 0.181. The number of hydrogen-bond acceptors (Lipinski definition) is 4. The molecule has 0 aliphatic carbocycles. The van der Waals surface area contributed by atoms with Crippen molar-refractivity contribution in [2.75, 3.05) is 13.1 Å². The number of H-pyrrole nitrogens is 1. The number of carbonyl (C=O) groups is 1. The lowest BCUT2D eigenvalue weighted by molar-refractivity contribution is -0.126. The molecule has 0 bridgehead atoms. The summed E-state index contributed by atoms with van der Waals surface area (Å²) in [6.45, 7) is 5.73. The lowest BCUT2D eigenvalue weighted by Crippen LogP contribution is -2.56. The van der Waals surface area contributed by atoms with Crippen molar-refractivity contribution in [2.45, 2.75) is 38.1 Å². The molecule has 1 atom stereocenters. The summed E-state index contributed by atoms with van der Waals surface area (Å²) in [7, 11) is -3.70. The normalized spacial score (nSPS) is 21.4. The van der Waals surface area contributed by atoms with E-state index in [1.165, 1.54) is 4.31 Å². The van der Waals surface area contributed by atoms with Gasteiger partial charge in [0.05, 0.1) is 11.4 Å². The van der Waals surface area contributed by atoms with E-state index in [1.807, 2.05) is 0 Å². The minimum atomic E-state index is -3.70. The second-order valence-corrected chi connectivity index (χ2v) is 6.42. The number of sulfonamides is 1. The van der Waals surface area contributed by atoms with Crippen LogP contribution in [0.2, 0.25) is 0 Å². The number of piperazine rings is 1. The molecule has 0 saturated carbocycles. The van der Waals surface area contributed by atoms with Crippen molar-refractivity contribution in [3.63, 3.8) is 0 Å². The average molecular weight is 286 g/mol. The third-order valence-electron chi connectivity index (χ3n) is 3.30. The molecule has 1 unspecified atom stereocenters. The predicted octanol–water partition coefficient (Wildman–Crippen LogP) is -0.0744. The van der Waals surface area contributed by atoms with Crippen LogP contribution in [0.25, 0.3) is 0 Å². The molecule has 1 aliphatic heterocycles. The summed E-state index contributed by atoms with van der Waals surface area (Å²) in [5, 5.41) is 9.28. The second kappa shape index (κ2) is 4.93. The summed E-state index contributed by atoms with van der Waals surface area (Å²) in [5.74, 6) is -0.240. The summed E-state index contributed by atoms with van der Waals surface area (Å²) >= 11 is 0. The number of nitrogens with zero attached hydrogens (tertiary/aromatic N) is 2. The predicted molar refractivity (Wildman–Crippen MR) is 69.0 cm³/mol. The van der Waals surface area contributed by atoms with Crippen molar-refractivity contribution in [3.8, 4) is 0 Å². The zero-order chi connectivity index (χ0) is 14.2. The molecule has 7 nitrogen and oxygen atoms in total. The van der Waals surface area contributed by atoms with Crippen molar-refractivity contribution in [1.82, 2.24) is 19.8 Å². The summed E-state index contributed by atoms with van der Waals surface area (Å²) in [6, 6.07) is -0.646. The lowest BCUT2D eigenvalue weighted by atomic mass is 10.2. The van der Waals surface area contributed by atoms with E-state index in [4.69, 9.17) is 0 Å². The quantitative estimate of drug-likeness (QED) is 0.813. The maximum atomic E-state index is 12.7. The smallest absolute Gasteiger partial charge is 0.247 e. The monoisotopic (exact) mass is 286 g/mol. The molecule has 1 fully saturated rings. The Bertz CT molecular complexity index is 574. The zero-order valence-corrected chi connectivity index (χ0v) is 12.0. The Morgan fingerprint density at radius 1 is 1.42 bits per heavy atom. The number of nitrogens with one attached hydrogen (secondary N) is 2. The summed E-state index contributed by atoms with van der Waals surface area (Å²) < 4.78 is 26.7. The third-order valence-corrected chi connectivity index (χ3v) is 5.47. The second-order valence-electron chi connectivity index (χ2n) is 4.59. The molecular weight excluding hydrogens is 268 g/mol. The molecule has 19 heavy (non-hydrogen) atoms. The first-order chi connectivity index (χ1) is 8.89. The van der Waals surface area contributed by atoms with Crippen molar-refractivity contribution in [1.29, 1.82) is 0 Å². The highest BCUT2D eigenvalue weighted by Gasteiger charge is 2.39. The molecule has 1 amide bonds. The van der Waals surface area contributed by atoms with E-state index < -0.39 is 16.1 Å². The summed E-state index contributed by atoms with van der Waals surface area (Å²) in [6.07, 6.45) is 0.445. The Labute approximate surface area is 112 Å². The van der Waals surface area contributed by atoms with Gasteiger partial charge in [-0.25, -0.2) is 8.42 Å². The van der Waals surface area contributed by atoms with Crippen LogP contribution < -0.4 is 5.32 Å². The molecule has 1 saturated heterocycles. The Balaban J connectivity index is 2.47. The van der Waals surface area contributed by atoms with Gasteiger partial charge in [0, 0.05) is 13.1 Å². The molecule has 106 valence electrons. The standard InChI is InChI=1S/C11H18N4O3S/c1-4-9-11(16)12-5-6-15(9)19(17,18)10-7(2)13-14-8(10)3/h9H,4-6H2,1-3H3,(H,12,16)(H,13,14). The van der Waals surface area contributed by atoms with Crippen LogP contribution in [0.5, 0.6) is 0 Å². The van der Waals surface area contributed by atoms with Crippen LogP contribution in [0.1, 0.15) is 24.7 Å². The Morgan fingerprint density at radius 3 is 2.63 bits per heavy atom. The molecule has 0 radical (unpaired) electrons. The number of hydrogen-bond donors (Lipinski definition) is 2. The Hall–Kier alpha value is -1.41. The fourth-order valence-electron chi connectivity index (χ4n) is 2.41. The Morgan fingerprint density at radius 2 is 2.11 bits per heavy atom. The number of aryl methyl sites for hydroxylation is 2. The largest absolute Gasteiger partial charge is 0.353 e. The van der Waals surface area contributed by atoms with Crippen molar-refractivity contribution in [2.24, 2.45) is 0 Å². The highest BCUT2D eigenvalue weighted by atomic mass is 32.2. The number of amides is 1. The van der Waals surface area contributed by atoms with Gasteiger partial charge in [-0.3, -0.25) is 9.89 Å². The molecule has 0 spiro atoms. The van der Waals surface area contributed by atoms with Gasteiger partial charge in [0.15, 0.2) is 0 Å². The van der Waals surface area contributed by atoms with E-state index in [9.17, 15) is 13.2 Å². The van der Waals surface area contributed by atoms with E-state index in [0.717, 1.165) is 0 Å². The molecule has 2 N–H and O–H groups in total. The van der Waals surface area contributed by atoms with Gasteiger partial charge in [-0.05, 0) is 20.3 Å². The van der Waals surface area contributed by atoms with Crippen LogP contribution in [0.4, 0.5) is 0 Å². The van der Waals surface area contributed by atoms with Gasteiger partial charge < -0.3 is 5.32 Å². The van der Waals surface area contributed by atoms with E-state index in [2.05, 4.69) is 15.5 Å². The molecule has 2 rings (SSSR count). The molecule has 2 heterocycles. The highest BCUT2D eigenvalue weighted by molar-refractivity contribution is 7.89. The average Bonchev–Trinajstić information content (AvgIpc) is 2.69. The van der Waals surface area contributed by atoms with Crippen LogP contribution >= 0.6 is 0 Å². The van der Waals surface area contributed by atoms with Gasteiger partial charge in [0.25, 0.3) is 0 Å². The lowest BCUT2D eigenvalue weighted by Gasteiger charge is -2.33. The maximum absolute atomic E-state index is 12.7. The van der Waals surface area contributed by atoms with Crippen molar-refractivity contribution < 1.29 is 13.2 Å². The van der Waals surface area contributed by atoms with E-state index in [-0.39, 0.29) is 17.3 Å². The first-order valence-electron chi connectivity index (χ1n) is 6.20. The third kappa shape index (κ3) is 2.25. The first kappa shape index (κ1) is 14.0. The summed E-state index contributed by atoms with van der Waals surface area (Å²) in [4.78, 5) is 12.0. The molecule has 8 heteroatoms. The molecule has 1 aromatic heterocycles. The van der Waals surface area contributed by atoms with Gasteiger partial charge in [-0.15, -0.1) is 0 Å². The van der Waals surface area contributed by atoms with Crippen LogP contribution in [0.15, 0.2) is 4.90 Å². The topological polar surface area (TPSA) is 95.2 Å².